The highest BCUT2D eigenvalue weighted by molar-refractivity contribution is 7.15. The molecular weight excluding hydrogens is 410 g/mol. The maximum atomic E-state index is 12.7. The van der Waals surface area contributed by atoms with Crippen LogP contribution in [-0.2, 0) is 9.53 Å². The van der Waals surface area contributed by atoms with Crippen LogP contribution in [0.2, 0.25) is 0 Å². The number of anilines is 2. The molecule has 1 aliphatic rings. The lowest BCUT2D eigenvalue weighted by molar-refractivity contribution is -0.117. The van der Waals surface area contributed by atoms with Crippen molar-refractivity contribution < 1.29 is 14.3 Å². The highest BCUT2D eigenvalue weighted by atomic mass is 32.1. The van der Waals surface area contributed by atoms with Gasteiger partial charge in [0.2, 0.25) is 5.91 Å². The fourth-order valence-corrected chi connectivity index (χ4v) is 4.73. The second kappa shape index (κ2) is 9.76. The fourth-order valence-electron chi connectivity index (χ4n) is 3.76. The Labute approximate surface area is 186 Å². The molecule has 1 aromatic heterocycles. The number of carbonyl (C=O) groups excluding carboxylic acids is 2. The first-order chi connectivity index (χ1) is 15.2. The Hall–Kier alpha value is -3.16. The van der Waals surface area contributed by atoms with Crippen LogP contribution in [0.4, 0.5) is 10.7 Å². The van der Waals surface area contributed by atoms with Crippen LogP contribution in [0.1, 0.15) is 10.4 Å². The maximum absolute atomic E-state index is 12.7. The average Bonchev–Trinajstić information content (AvgIpc) is 3.23. The SMILES string of the molecule is COC(=O)c1c(-c2ccccc2)csc1NC(=O)CN1CCN(c2ccccc2)CC1. The normalized spacial score (nSPS) is 14.3. The van der Waals surface area contributed by atoms with Gasteiger partial charge in [-0.3, -0.25) is 9.69 Å². The van der Waals surface area contributed by atoms with E-state index >= 15 is 0 Å². The van der Waals surface area contributed by atoms with Gasteiger partial charge in [-0.15, -0.1) is 11.3 Å². The van der Waals surface area contributed by atoms with Gasteiger partial charge in [-0.25, -0.2) is 4.79 Å². The lowest BCUT2D eigenvalue weighted by Gasteiger charge is -2.35. The second-order valence-electron chi connectivity index (χ2n) is 7.36. The third kappa shape index (κ3) is 4.95. The van der Waals surface area contributed by atoms with E-state index in [1.165, 1.54) is 24.1 Å². The standard InChI is InChI=1S/C24H25N3O3S/c1-30-24(29)22-20(18-8-4-2-5-9-18)17-31-23(22)25-21(28)16-26-12-14-27(15-13-26)19-10-6-3-7-11-19/h2-11,17H,12-16H2,1H3,(H,25,28). The van der Waals surface area contributed by atoms with Gasteiger partial charge in [0.25, 0.3) is 0 Å². The number of para-hydroxylation sites is 1. The quantitative estimate of drug-likeness (QED) is 0.594. The minimum absolute atomic E-state index is 0.125. The fraction of sp³-hybridized carbons (Fsp3) is 0.250. The number of carbonyl (C=O) groups is 2. The largest absolute Gasteiger partial charge is 0.465 e. The van der Waals surface area contributed by atoms with Gasteiger partial charge in [0.1, 0.15) is 10.6 Å². The van der Waals surface area contributed by atoms with Crippen molar-refractivity contribution in [3.8, 4) is 11.1 Å². The number of thiophene rings is 1. The summed E-state index contributed by atoms with van der Waals surface area (Å²) in [6.07, 6.45) is 0. The molecule has 2 aromatic carbocycles. The molecule has 1 fully saturated rings. The van der Waals surface area contributed by atoms with Crippen LogP contribution in [0.25, 0.3) is 11.1 Å². The van der Waals surface area contributed by atoms with Crippen LogP contribution >= 0.6 is 11.3 Å². The monoisotopic (exact) mass is 435 g/mol. The number of hydrogen-bond acceptors (Lipinski definition) is 6. The first-order valence-corrected chi connectivity index (χ1v) is 11.1. The first-order valence-electron chi connectivity index (χ1n) is 10.2. The van der Waals surface area contributed by atoms with Gasteiger partial charge in [0.05, 0.1) is 13.7 Å². The Morgan fingerprint density at radius 1 is 0.968 bits per heavy atom. The van der Waals surface area contributed by atoms with E-state index in [-0.39, 0.29) is 5.91 Å². The molecule has 31 heavy (non-hydrogen) atoms. The summed E-state index contributed by atoms with van der Waals surface area (Å²) in [5.41, 5.74) is 3.29. The Balaban J connectivity index is 1.40. The van der Waals surface area contributed by atoms with Crippen molar-refractivity contribution in [1.29, 1.82) is 0 Å². The highest BCUT2D eigenvalue weighted by Crippen LogP contribution is 2.36. The van der Waals surface area contributed by atoms with E-state index in [2.05, 4.69) is 27.2 Å². The maximum Gasteiger partial charge on any atom is 0.341 e. The summed E-state index contributed by atoms with van der Waals surface area (Å²) >= 11 is 1.34. The number of nitrogens with zero attached hydrogens (tertiary/aromatic N) is 2. The van der Waals surface area contributed by atoms with Gasteiger partial charge >= 0.3 is 5.97 Å². The zero-order valence-electron chi connectivity index (χ0n) is 17.4. The van der Waals surface area contributed by atoms with Crippen molar-refractivity contribution in [2.75, 3.05) is 50.1 Å². The van der Waals surface area contributed by atoms with E-state index < -0.39 is 5.97 Å². The van der Waals surface area contributed by atoms with Gasteiger partial charge < -0.3 is 15.0 Å². The number of rotatable bonds is 6. The molecule has 0 bridgehead atoms. The van der Waals surface area contributed by atoms with Gasteiger partial charge in [-0.1, -0.05) is 48.5 Å². The summed E-state index contributed by atoms with van der Waals surface area (Å²) in [7, 11) is 1.35. The summed E-state index contributed by atoms with van der Waals surface area (Å²) in [4.78, 5) is 29.6. The zero-order chi connectivity index (χ0) is 21.6. The van der Waals surface area contributed by atoms with Crippen molar-refractivity contribution in [2.24, 2.45) is 0 Å². The summed E-state index contributed by atoms with van der Waals surface area (Å²) in [6.45, 7) is 3.67. The number of amides is 1. The van der Waals surface area contributed by atoms with E-state index in [0.717, 1.165) is 37.3 Å². The molecule has 0 atom stereocenters. The summed E-state index contributed by atoms with van der Waals surface area (Å²) in [5, 5.41) is 5.34. The topological polar surface area (TPSA) is 61.9 Å². The second-order valence-corrected chi connectivity index (χ2v) is 8.24. The molecule has 0 spiro atoms. The average molecular weight is 436 g/mol. The number of hydrogen-bond donors (Lipinski definition) is 1. The lowest BCUT2D eigenvalue weighted by atomic mass is 10.0. The number of esters is 1. The van der Waals surface area contributed by atoms with E-state index in [9.17, 15) is 9.59 Å². The Kier molecular flexibility index (Phi) is 6.64. The predicted molar refractivity (Wildman–Crippen MR) is 125 cm³/mol. The molecule has 0 radical (unpaired) electrons. The number of ether oxygens (including phenoxy) is 1. The molecular formula is C24H25N3O3S. The number of benzene rings is 2. The van der Waals surface area contributed by atoms with Crippen LogP contribution < -0.4 is 10.2 Å². The number of nitrogens with one attached hydrogen (secondary N) is 1. The summed E-state index contributed by atoms with van der Waals surface area (Å²) < 4.78 is 4.98. The molecule has 4 rings (SSSR count). The Morgan fingerprint density at radius 3 is 2.26 bits per heavy atom. The van der Waals surface area contributed by atoms with Crippen molar-refractivity contribution in [1.82, 2.24) is 4.90 Å². The van der Waals surface area contributed by atoms with Crippen molar-refractivity contribution in [2.45, 2.75) is 0 Å². The summed E-state index contributed by atoms with van der Waals surface area (Å²) in [6, 6.07) is 19.9. The highest BCUT2D eigenvalue weighted by Gasteiger charge is 2.24. The van der Waals surface area contributed by atoms with Crippen molar-refractivity contribution >= 4 is 33.9 Å². The molecule has 1 N–H and O–H groups in total. The minimum Gasteiger partial charge on any atom is -0.465 e. The molecule has 7 heteroatoms. The molecule has 6 nitrogen and oxygen atoms in total. The lowest BCUT2D eigenvalue weighted by Crippen LogP contribution is -2.48. The Bertz CT molecular complexity index is 1030. The zero-order valence-corrected chi connectivity index (χ0v) is 18.2. The van der Waals surface area contributed by atoms with Gasteiger partial charge in [-0.05, 0) is 17.7 Å². The van der Waals surface area contributed by atoms with Gasteiger partial charge in [-0.2, -0.15) is 0 Å². The molecule has 1 aliphatic heterocycles. The molecule has 3 aromatic rings. The minimum atomic E-state index is -0.452. The van der Waals surface area contributed by atoms with E-state index in [1.54, 1.807) is 0 Å². The molecule has 1 saturated heterocycles. The van der Waals surface area contributed by atoms with Crippen molar-refractivity contribution in [3.63, 3.8) is 0 Å². The molecule has 1 amide bonds. The van der Waals surface area contributed by atoms with Gasteiger partial charge in [0.15, 0.2) is 0 Å². The molecule has 0 unspecified atom stereocenters. The molecule has 160 valence electrons. The summed E-state index contributed by atoms with van der Waals surface area (Å²) in [5.74, 6) is -0.577. The van der Waals surface area contributed by atoms with E-state index in [1.807, 2.05) is 53.9 Å². The van der Waals surface area contributed by atoms with Crippen LogP contribution in [0.5, 0.6) is 0 Å². The van der Waals surface area contributed by atoms with E-state index in [0.29, 0.717) is 17.1 Å². The predicted octanol–water partition coefficient (Wildman–Crippen LogP) is 3.96. The first kappa shape index (κ1) is 21.1. The van der Waals surface area contributed by atoms with Gasteiger partial charge in [0, 0.05) is 42.8 Å². The smallest absolute Gasteiger partial charge is 0.341 e. The molecule has 0 saturated carbocycles. The van der Waals surface area contributed by atoms with Crippen molar-refractivity contribution in [3.05, 3.63) is 71.6 Å². The third-order valence-electron chi connectivity index (χ3n) is 5.38. The van der Waals surface area contributed by atoms with Crippen LogP contribution in [0.15, 0.2) is 66.0 Å². The Morgan fingerprint density at radius 2 is 1.61 bits per heavy atom. The molecule has 2 heterocycles. The molecule has 0 aliphatic carbocycles. The van der Waals surface area contributed by atoms with Crippen LogP contribution in [0, 0.1) is 0 Å². The number of methoxy groups -OCH3 is 1. The third-order valence-corrected chi connectivity index (χ3v) is 6.27. The number of piperazine rings is 1. The van der Waals surface area contributed by atoms with Crippen LogP contribution in [-0.4, -0.2) is 56.6 Å². The van der Waals surface area contributed by atoms with Crippen LogP contribution in [0.3, 0.4) is 0 Å². The van der Waals surface area contributed by atoms with E-state index in [4.69, 9.17) is 4.74 Å².